The fraction of sp³-hybridized carbons (Fsp3) is 0.478. The summed E-state index contributed by atoms with van der Waals surface area (Å²) in [6.45, 7) is 7.09. The molecule has 3 heterocycles. The van der Waals surface area contributed by atoms with E-state index in [1.165, 1.54) is 10.9 Å². The summed E-state index contributed by atoms with van der Waals surface area (Å²) in [5.74, 6) is 0.194. The van der Waals surface area contributed by atoms with Crippen LogP contribution >= 0.6 is 11.3 Å². The van der Waals surface area contributed by atoms with Crippen molar-refractivity contribution in [1.82, 2.24) is 14.7 Å². The normalized spacial score (nSPS) is 18.6. The zero-order valence-electron chi connectivity index (χ0n) is 17.3. The molecule has 7 heteroatoms. The molecule has 1 aromatic heterocycles. The number of hydrogen-bond donors (Lipinski definition) is 0. The molecule has 2 aromatic rings. The Bertz CT molecular complexity index is 899. The van der Waals surface area contributed by atoms with Crippen molar-refractivity contribution in [3.05, 3.63) is 47.1 Å². The zero-order chi connectivity index (χ0) is 21.1. The highest BCUT2D eigenvalue weighted by Crippen LogP contribution is 2.29. The molecule has 5 nitrogen and oxygen atoms in total. The highest BCUT2D eigenvalue weighted by atomic mass is 32.1. The molecule has 2 fully saturated rings. The summed E-state index contributed by atoms with van der Waals surface area (Å²) in [4.78, 5) is 32.9. The third kappa shape index (κ3) is 4.90. The van der Waals surface area contributed by atoms with Crippen LogP contribution in [0.15, 0.2) is 36.4 Å². The second-order valence-corrected chi connectivity index (χ2v) is 9.33. The summed E-state index contributed by atoms with van der Waals surface area (Å²) in [7, 11) is 0. The van der Waals surface area contributed by atoms with Crippen LogP contribution in [-0.4, -0.2) is 65.8 Å². The molecule has 0 atom stereocenters. The van der Waals surface area contributed by atoms with Gasteiger partial charge in [-0.25, -0.2) is 4.39 Å². The molecule has 2 aliphatic rings. The summed E-state index contributed by atoms with van der Waals surface area (Å²) < 4.78 is 13.5. The van der Waals surface area contributed by atoms with E-state index in [1.54, 1.807) is 30.4 Å². The van der Waals surface area contributed by atoms with Crippen LogP contribution < -0.4 is 0 Å². The van der Waals surface area contributed by atoms with Gasteiger partial charge in [0.15, 0.2) is 0 Å². The number of benzene rings is 1. The van der Waals surface area contributed by atoms with E-state index in [1.807, 2.05) is 15.9 Å². The Morgan fingerprint density at radius 2 is 1.73 bits per heavy atom. The Balaban J connectivity index is 1.26. The van der Waals surface area contributed by atoms with E-state index in [9.17, 15) is 14.0 Å². The molecular formula is C23H28FN3O2S. The smallest absolute Gasteiger partial charge is 0.225 e. The lowest BCUT2D eigenvalue weighted by Gasteiger charge is -2.38. The molecule has 1 aromatic carbocycles. The Labute approximate surface area is 181 Å². The Morgan fingerprint density at radius 3 is 2.40 bits per heavy atom. The fourth-order valence-electron chi connectivity index (χ4n) is 4.31. The van der Waals surface area contributed by atoms with Gasteiger partial charge in [0.25, 0.3) is 0 Å². The van der Waals surface area contributed by atoms with Gasteiger partial charge in [-0.1, -0.05) is 12.1 Å². The minimum atomic E-state index is -0.213. The van der Waals surface area contributed by atoms with E-state index in [4.69, 9.17) is 0 Å². The van der Waals surface area contributed by atoms with E-state index in [0.717, 1.165) is 56.0 Å². The van der Waals surface area contributed by atoms with Gasteiger partial charge in [0.2, 0.25) is 11.8 Å². The van der Waals surface area contributed by atoms with Crippen LogP contribution in [0.5, 0.6) is 0 Å². The van der Waals surface area contributed by atoms with Crippen molar-refractivity contribution in [2.45, 2.75) is 26.3 Å². The second kappa shape index (κ2) is 9.27. The number of nitrogens with zero attached hydrogens (tertiary/aromatic N) is 3. The maximum Gasteiger partial charge on any atom is 0.225 e. The number of carbonyl (C=O) groups excluding carboxylic acids is 2. The monoisotopic (exact) mass is 429 g/mol. The van der Waals surface area contributed by atoms with E-state index in [-0.39, 0.29) is 23.5 Å². The highest BCUT2D eigenvalue weighted by molar-refractivity contribution is 7.15. The maximum atomic E-state index is 13.5. The van der Waals surface area contributed by atoms with Gasteiger partial charge >= 0.3 is 0 Å². The number of likely N-dealkylation sites (tertiary alicyclic amines) is 1. The van der Waals surface area contributed by atoms with Gasteiger partial charge in [-0.3, -0.25) is 14.5 Å². The number of piperidine rings is 1. The predicted octanol–water partition coefficient (Wildman–Crippen LogP) is 3.46. The minimum absolute atomic E-state index is 0.0540. The first-order valence-corrected chi connectivity index (χ1v) is 11.4. The molecule has 0 unspecified atom stereocenters. The van der Waals surface area contributed by atoms with E-state index < -0.39 is 0 Å². The average Bonchev–Trinajstić information content (AvgIpc) is 3.22. The summed E-state index contributed by atoms with van der Waals surface area (Å²) in [6, 6.07) is 10.9. The van der Waals surface area contributed by atoms with E-state index in [0.29, 0.717) is 13.1 Å². The topological polar surface area (TPSA) is 43.9 Å². The number of amides is 2. The fourth-order valence-corrected chi connectivity index (χ4v) is 5.35. The molecule has 0 saturated carbocycles. The third-order valence-electron chi connectivity index (χ3n) is 6.12. The van der Waals surface area contributed by atoms with Gasteiger partial charge in [0, 0.05) is 68.4 Å². The number of thiophene rings is 1. The van der Waals surface area contributed by atoms with Crippen molar-refractivity contribution in [2.24, 2.45) is 5.92 Å². The van der Waals surface area contributed by atoms with Crippen molar-refractivity contribution < 1.29 is 14.0 Å². The SMILES string of the molecule is CC(=O)N1CCC(C(=O)N2CCN(Cc3ccc(-c4cccc(F)c4)s3)CC2)CC1. The van der Waals surface area contributed by atoms with Crippen LogP contribution in [-0.2, 0) is 16.1 Å². The first-order valence-electron chi connectivity index (χ1n) is 10.6. The largest absolute Gasteiger partial charge is 0.343 e. The van der Waals surface area contributed by atoms with Crippen LogP contribution in [0.25, 0.3) is 10.4 Å². The first-order chi connectivity index (χ1) is 14.5. The standard InChI is InChI=1S/C23H28FN3O2S/c1-17(28)26-9-7-18(8-10-26)23(29)27-13-11-25(12-14-27)16-21-5-6-22(30-21)19-3-2-4-20(24)15-19/h2-6,15,18H,7-14,16H2,1H3. The third-order valence-corrected chi connectivity index (χ3v) is 7.24. The quantitative estimate of drug-likeness (QED) is 0.748. The molecule has 4 rings (SSSR count). The number of hydrogen-bond acceptors (Lipinski definition) is 4. The van der Waals surface area contributed by atoms with Crippen molar-refractivity contribution >= 4 is 23.2 Å². The van der Waals surface area contributed by atoms with Crippen molar-refractivity contribution in [3.8, 4) is 10.4 Å². The van der Waals surface area contributed by atoms with Crippen molar-refractivity contribution in [1.29, 1.82) is 0 Å². The second-order valence-electron chi connectivity index (χ2n) is 8.16. The number of carbonyl (C=O) groups is 2. The Morgan fingerprint density at radius 1 is 1.00 bits per heavy atom. The summed E-state index contributed by atoms with van der Waals surface area (Å²) >= 11 is 1.70. The number of halogens is 1. The lowest BCUT2D eigenvalue weighted by Crippen LogP contribution is -2.51. The van der Waals surface area contributed by atoms with Gasteiger partial charge in [-0.2, -0.15) is 0 Å². The molecule has 2 aliphatic heterocycles. The zero-order valence-corrected chi connectivity index (χ0v) is 18.2. The summed E-state index contributed by atoms with van der Waals surface area (Å²) in [5.41, 5.74) is 0.914. The van der Waals surface area contributed by atoms with Gasteiger partial charge in [-0.05, 0) is 42.7 Å². The molecular weight excluding hydrogens is 401 g/mol. The number of piperazine rings is 1. The van der Waals surface area contributed by atoms with Gasteiger partial charge in [0.1, 0.15) is 5.82 Å². The predicted molar refractivity (Wildman–Crippen MR) is 117 cm³/mol. The van der Waals surface area contributed by atoms with Gasteiger partial charge in [-0.15, -0.1) is 11.3 Å². The molecule has 0 bridgehead atoms. The average molecular weight is 430 g/mol. The van der Waals surface area contributed by atoms with Crippen LogP contribution in [0, 0.1) is 11.7 Å². The van der Waals surface area contributed by atoms with Crippen LogP contribution in [0.1, 0.15) is 24.6 Å². The molecule has 0 radical (unpaired) electrons. The molecule has 2 saturated heterocycles. The Hall–Kier alpha value is -2.25. The first kappa shape index (κ1) is 21.0. The maximum absolute atomic E-state index is 13.5. The van der Waals surface area contributed by atoms with E-state index >= 15 is 0 Å². The molecule has 0 aliphatic carbocycles. The number of rotatable bonds is 4. The van der Waals surface area contributed by atoms with Crippen LogP contribution in [0.2, 0.25) is 0 Å². The Kier molecular flexibility index (Phi) is 6.49. The molecule has 2 amide bonds. The van der Waals surface area contributed by atoms with Crippen molar-refractivity contribution in [3.63, 3.8) is 0 Å². The van der Waals surface area contributed by atoms with Gasteiger partial charge < -0.3 is 9.80 Å². The minimum Gasteiger partial charge on any atom is -0.343 e. The van der Waals surface area contributed by atoms with Crippen LogP contribution in [0.3, 0.4) is 0 Å². The molecule has 0 N–H and O–H groups in total. The highest BCUT2D eigenvalue weighted by Gasteiger charge is 2.31. The molecule has 30 heavy (non-hydrogen) atoms. The summed E-state index contributed by atoms with van der Waals surface area (Å²) in [5, 5.41) is 0. The van der Waals surface area contributed by atoms with E-state index in [2.05, 4.69) is 17.0 Å². The molecule has 0 spiro atoms. The van der Waals surface area contributed by atoms with Gasteiger partial charge in [0.05, 0.1) is 0 Å². The molecule has 160 valence electrons. The lowest BCUT2D eigenvalue weighted by molar-refractivity contribution is -0.141. The van der Waals surface area contributed by atoms with Crippen molar-refractivity contribution in [2.75, 3.05) is 39.3 Å². The summed E-state index contributed by atoms with van der Waals surface area (Å²) in [6.07, 6.45) is 1.55. The van der Waals surface area contributed by atoms with Crippen LogP contribution in [0.4, 0.5) is 4.39 Å². The lowest BCUT2D eigenvalue weighted by atomic mass is 9.95.